The molecule has 0 bridgehead atoms. The number of rotatable bonds is 3. The average molecular weight is 211 g/mol. The Balaban J connectivity index is 2.03. The summed E-state index contributed by atoms with van der Waals surface area (Å²) in [6, 6.07) is 2.95. The molecule has 0 unspecified atom stereocenters. The normalized spacial score (nSPS) is 15.1. The van der Waals surface area contributed by atoms with Crippen LogP contribution in [0, 0.1) is 17.6 Å². The summed E-state index contributed by atoms with van der Waals surface area (Å²) >= 11 is 0. The fourth-order valence-electron chi connectivity index (χ4n) is 1.33. The number of carbonyl (C=O) groups excluding carboxylic acids is 1. The SMILES string of the molecule is O=C(NCC1CC1)c1ccc(F)cc1F. The number of hydrogen-bond donors (Lipinski definition) is 1. The number of hydrogen-bond acceptors (Lipinski definition) is 1. The van der Waals surface area contributed by atoms with Crippen LogP contribution in [0.3, 0.4) is 0 Å². The molecule has 1 aliphatic carbocycles. The number of halogens is 2. The van der Waals surface area contributed by atoms with E-state index in [0.717, 1.165) is 25.0 Å². The summed E-state index contributed by atoms with van der Waals surface area (Å²) in [5.41, 5.74) is -0.1000. The van der Waals surface area contributed by atoms with Crippen LogP contribution in [-0.2, 0) is 0 Å². The molecule has 0 saturated heterocycles. The van der Waals surface area contributed by atoms with Crippen LogP contribution in [0.2, 0.25) is 0 Å². The van der Waals surface area contributed by atoms with Crippen molar-refractivity contribution in [2.45, 2.75) is 12.8 Å². The number of nitrogens with one attached hydrogen (secondary N) is 1. The second kappa shape index (κ2) is 3.96. The van der Waals surface area contributed by atoms with Crippen molar-refractivity contribution >= 4 is 5.91 Å². The van der Waals surface area contributed by atoms with E-state index < -0.39 is 17.5 Å². The molecule has 0 atom stereocenters. The maximum Gasteiger partial charge on any atom is 0.254 e. The zero-order valence-corrected chi connectivity index (χ0v) is 8.09. The molecule has 4 heteroatoms. The van der Waals surface area contributed by atoms with Gasteiger partial charge in [-0.1, -0.05) is 0 Å². The van der Waals surface area contributed by atoms with Gasteiger partial charge in [0.05, 0.1) is 5.56 Å². The van der Waals surface area contributed by atoms with Gasteiger partial charge < -0.3 is 5.32 Å². The molecule has 1 aromatic carbocycles. The fourth-order valence-corrected chi connectivity index (χ4v) is 1.33. The first-order valence-electron chi connectivity index (χ1n) is 4.90. The first-order valence-corrected chi connectivity index (χ1v) is 4.90. The highest BCUT2D eigenvalue weighted by atomic mass is 19.1. The van der Waals surface area contributed by atoms with E-state index in [-0.39, 0.29) is 5.56 Å². The van der Waals surface area contributed by atoms with Crippen molar-refractivity contribution in [2.75, 3.05) is 6.54 Å². The zero-order chi connectivity index (χ0) is 10.8. The van der Waals surface area contributed by atoms with Gasteiger partial charge in [0.15, 0.2) is 0 Å². The summed E-state index contributed by atoms with van der Waals surface area (Å²) in [7, 11) is 0. The lowest BCUT2D eigenvalue weighted by Gasteiger charge is -2.04. The molecule has 0 aromatic heterocycles. The zero-order valence-electron chi connectivity index (χ0n) is 8.09. The van der Waals surface area contributed by atoms with Crippen LogP contribution in [0.15, 0.2) is 18.2 Å². The predicted molar refractivity (Wildman–Crippen MR) is 51.4 cm³/mol. The summed E-state index contributed by atoms with van der Waals surface area (Å²) in [5.74, 6) is -1.42. The van der Waals surface area contributed by atoms with Gasteiger partial charge in [-0.05, 0) is 30.9 Å². The van der Waals surface area contributed by atoms with Crippen molar-refractivity contribution in [1.29, 1.82) is 0 Å². The van der Waals surface area contributed by atoms with Crippen molar-refractivity contribution in [3.8, 4) is 0 Å². The van der Waals surface area contributed by atoms with E-state index >= 15 is 0 Å². The van der Waals surface area contributed by atoms with E-state index in [1.807, 2.05) is 0 Å². The Morgan fingerprint density at radius 2 is 2.13 bits per heavy atom. The van der Waals surface area contributed by atoms with Gasteiger partial charge in [0.1, 0.15) is 11.6 Å². The summed E-state index contributed by atoms with van der Waals surface area (Å²) in [6.45, 7) is 0.579. The highest BCUT2D eigenvalue weighted by Gasteiger charge is 2.22. The van der Waals surface area contributed by atoms with Crippen molar-refractivity contribution < 1.29 is 13.6 Å². The molecule has 1 aromatic rings. The Morgan fingerprint density at radius 3 is 2.73 bits per heavy atom. The lowest BCUT2D eigenvalue weighted by atomic mass is 10.2. The molecular formula is C11H11F2NO. The smallest absolute Gasteiger partial charge is 0.254 e. The highest BCUT2D eigenvalue weighted by molar-refractivity contribution is 5.94. The number of carbonyl (C=O) groups is 1. The van der Waals surface area contributed by atoms with Crippen LogP contribution in [0.1, 0.15) is 23.2 Å². The molecule has 1 amide bonds. The minimum Gasteiger partial charge on any atom is -0.352 e. The maximum absolute atomic E-state index is 13.1. The summed E-state index contributed by atoms with van der Waals surface area (Å²) < 4.78 is 25.7. The van der Waals surface area contributed by atoms with E-state index in [0.29, 0.717) is 18.5 Å². The predicted octanol–water partition coefficient (Wildman–Crippen LogP) is 2.10. The summed E-state index contributed by atoms with van der Waals surface area (Å²) in [5, 5.41) is 2.62. The third-order valence-electron chi connectivity index (χ3n) is 2.42. The Kier molecular flexibility index (Phi) is 2.66. The van der Waals surface area contributed by atoms with Crippen molar-refractivity contribution in [1.82, 2.24) is 5.32 Å². The quantitative estimate of drug-likeness (QED) is 0.815. The van der Waals surface area contributed by atoms with Gasteiger partial charge in [0, 0.05) is 12.6 Å². The monoisotopic (exact) mass is 211 g/mol. The van der Waals surface area contributed by atoms with Gasteiger partial charge in [-0.25, -0.2) is 8.78 Å². The van der Waals surface area contributed by atoms with E-state index in [1.54, 1.807) is 0 Å². The molecule has 80 valence electrons. The molecule has 2 nitrogen and oxygen atoms in total. The molecule has 2 rings (SSSR count). The van der Waals surface area contributed by atoms with Crippen LogP contribution in [-0.4, -0.2) is 12.5 Å². The Hall–Kier alpha value is -1.45. The Morgan fingerprint density at radius 1 is 1.40 bits per heavy atom. The van der Waals surface area contributed by atoms with Crippen molar-refractivity contribution in [3.05, 3.63) is 35.4 Å². The second-order valence-electron chi connectivity index (χ2n) is 3.78. The molecular weight excluding hydrogens is 200 g/mol. The third-order valence-corrected chi connectivity index (χ3v) is 2.42. The van der Waals surface area contributed by atoms with Crippen LogP contribution in [0.5, 0.6) is 0 Å². The van der Waals surface area contributed by atoms with Crippen LogP contribution >= 0.6 is 0 Å². The fraction of sp³-hybridized carbons (Fsp3) is 0.364. The minimum absolute atomic E-state index is 0.1000. The molecule has 1 fully saturated rings. The largest absolute Gasteiger partial charge is 0.352 e. The number of amides is 1. The van der Waals surface area contributed by atoms with Gasteiger partial charge in [-0.3, -0.25) is 4.79 Å². The van der Waals surface area contributed by atoms with Gasteiger partial charge in [-0.15, -0.1) is 0 Å². The van der Waals surface area contributed by atoms with Gasteiger partial charge in [-0.2, -0.15) is 0 Å². The standard InChI is InChI=1S/C11H11F2NO/c12-8-3-4-9(10(13)5-8)11(15)14-6-7-1-2-7/h3-5,7H,1-2,6H2,(H,14,15). The Bertz CT molecular complexity index is 388. The first kappa shape index (κ1) is 10.1. The average Bonchev–Trinajstić information content (AvgIpc) is 2.97. The Labute approximate surface area is 86.3 Å². The van der Waals surface area contributed by atoms with Crippen LogP contribution < -0.4 is 5.32 Å². The molecule has 15 heavy (non-hydrogen) atoms. The molecule has 1 N–H and O–H groups in total. The third kappa shape index (κ3) is 2.52. The molecule has 1 saturated carbocycles. The molecule has 0 radical (unpaired) electrons. The molecule has 0 aliphatic heterocycles. The van der Waals surface area contributed by atoms with Gasteiger partial charge in [0.25, 0.3) is 5.91 Å². The second-order valence-corrected chi connectivity index (χ2v) is 3.78. The van der Waals surface area contributed by atoms with E-state index in [4.69, 9.17) is 0 Å². The van der Waals surface area contributed by atoms with Crippen molar-refractivity contribution in [3.63, 3.8) is 0 Å². The topological polar surface area (TPSA) is 29.1 Å². The van der Waals surface area contributed by atoms with Gasteiger partial charge in [0.2, 0.25) is 0 Å². The van der Waals surface area contributed by atoms with Crippen molar-refractivity contribution in [2.24, 2.45) is 5.92 Å². The maximum atomic E-state index is 13.1. The minimum atomic E-state index is -0.816. The first-order chi connectivity index (χ1) is 7.16. The number of benzene rings is 1. The van der Waals surface area contributed by atoms with E-state index in [9.17, 15) is 13.6 Å². The lowest BCUT2D eigenvalue weighted by Crippen LogP contribution is -2.26. The van der Waals surface area contributed by atoms with Gasteiger partial charge >= 0.3 is 0 Å². The van der Waals surface area contributed by atoms with E-state index in [2.05, 4.69) is 5.32 Å². The van der Waals surface area contributed by atoms with Crippen LogP contribution in [0.25, 0.3) is 0 Å². The lowest BCUT2D eigenvalue weighted by molar-refractivity contribution is 0.0947. The summed E-state index contributed by atoms with van der Waals surface area (Å²) in [4.78, 5) is 11.4. The molecule has 1 aliphatic rings. The van der Waals surface area contributed by atoms with Crippen LogP contribution in [0.4, 0.5) is 8.78 Å². The summed E-state index contributed by atoms with van der Waals surface area (Å²) in [6.07, 6.45) is 2.23. The van der Waals surface area contributed by atoms with E-state index in [1.165, 1.54) is 0 Å². The molecule has 0 heterocycles. The highest BCUT2D eigenvalue weighted by Crippen LogP contribution is 2.27. The molecule has 0 spiro atoms.